The van der Waals surface area contributed by atoms with Crippen LogP contribution >= 0.6 is 0 Å². The van der Waals surface area contributed by atoms with Crippen LogP contribution in [0.5, 0.6) is 28.7 Å². The number of nitrogens with zero attached hydrogens (tertiary/aromatic N) is 1. The van der Waals surface area contributed by atoms with Crippen molar-refractivity contribution in [2.75, 3.05) is 39.6 Å². The molecule has 3 aliphatic heterocycles. The summed E-state index contributed by atoms with van der Waals surface area (Å²) in [6, 6.07) is 13.4. The minimum absolute atomic E-state index is 0.0115. The van der Waals surface area contributed by atoms with Crippen molar-refractivity contribution < 1.29 is 34.0 Å². The van der Waals surface area contributed by atoms with Crippen molar-refractivity contribution in [3.8, 4) is 51.7 Å². The van der Waals surface area contributed by atoms with Gasteiger partial charge in [0.15, 0.2) is 11.5 Å². The van der Waals surface area contributed by atoms with Crippen molar-refractivity contribution in [1.82, 2.24) is 15.6 Å². The van der Waals surface area contributed by atoms with Gasteiger partial charge in [0.05, 0.1) is 19.1 Å². The number of benzene rings is 3. The van der Waals surface area contributed by atoms with E-state index in [0.717, 1.165) is 88.9 Å². The number of phenols is 2. The van der Waals surface area contributed by atoms with Crippen LogP contribution in [0, 0.1) is 23.7 Å². The number of aromatic hydroxyl groups is 2. The molecule has 11 nitrogen and oxygen atoms in total. The third kappa shape index (κ3) is 7.44. The van der Waals surface area contributed by atoms with E-state index in [2.05, 4.69) is 66.7 Å². The van der Waals surface area contributed by atoms with Gasteiger partial charge < -0.3 is 45.5 Å². The van der Waals surface area contributed by atoms with E-state index >= 15 is 0 Å². The van der Waals surface area contributed by atoms with Gasteiger partial charge in [0.25, 0.3) is 0 Å². The number of likely N-dealkylation sites (N-methyl/N-ethyl adjacent to an activating group) is 1. The first kappa shape index (κ1) is 40.7. The van der Waals surface area contributed by atoms with E-state index < -0.39 is 12.0 Å². The summed E-state index contributed by atoms with van der Waals surface area (Å²) in [5.41, 5.74) is 15.0. The average Bonchev–Trinajstić information content (AvgIpc) is 3.73. The Kier molecular flexibility index (Phi) is 10.9. The molecule has 6 N–H and O–H groups in total. The molecule has 3 aromatic carbocycles. The second kappa shape index (κ2) is 16.3. The van der Waals surface area contributed by atoms with Gasteiger partial charge in [0.2, 0.25) is 0 Å². The molecular weight excluding hydrogens is 769 g/mol. The topological polar surface area (TPSA) is 157 Å². The van der Waals surface area contributed by atoms with Crippen molar-refractivity contribution >= 4 is 17.9 Å². The largest absolute Gasteiger partial charge is 0.508 e. The molecule has 6 unspecified atom stereocenters. The summed E-state index contributed by atoms with van der Waals surface area (Å²) >= 11 is 0. The van der Waals surface area contributed by atoms with Gasteiger partial charge in [0.1, 0.15) is 47.6 Å². The number of ether oxygens (including phenoxy) is 4. The quantitative estimate of drug-likeness (QED) is 0.0855. The van der Waals surface area contributed by atoms with Crippen LogP contribution in [-0.4, -0.2) is 67.2 Å². The van der Waals surface area contributed by atoms with Crippen LogP contribution in [0.25, 0.3) is 17.2 Å². The molecule has 1 spiro atoms. The number of carbonyl (C=O) groups excluding carboxylic acids is 1. The summed E-state index contributed by atoms with van der Waals surface area (Å²) in [6.45, 7) is 7.28. The Hall–Kier alpha value is -5.70. The standard InChI is InChI=1S/C50H56N4O7/c1-27(2)16-18-53-39-13-12-36-45-31(21-40(57)47(36)60-42(39)25-52-4)7-6-8-38-30(9-14-43(51)54-38)19-29-15-17-50(23-29)24-32-20-33(56)22-41(58-5)44(32)35-11-10-34-37(26-59-28(3)55)48(45)61-49(34)46(35)50/h9-14,20-22,27,29,37,39,42,48,52-53,56-57H,7,15-19,23-26H2,1-5H3,(H2,51,54). The Balaban J connectivity index is 1.29. The van der Waals surface area contributed by atoms with Crippen molar-refractivity contribution in [3.05, 3.63) is 93.2 Å². The van der Waals surface area contributed by atoms with Gasteiger partial charge in [-0.1, -0.05) is 50.1 Å². The molecule has 2 aliphatic carbocycles. The molecule has 4 bridgehead atoms. The maximum atomic E-state index is 12.6. The van der Waals surface area contributed by atoms with Gasteiger partial charge in [-0.2, -0.15) is 0 Å². The summed E-state index contributed by atoms with van der Waals surface area (Å²) < 4.78 is 26.2. The summed E-state index contributed by atoms with van der Waals surface area (Å²) in [5.74, 6) is 9.23. The first-order valence-electron chi connectivity index (χ1n) is 21.7. The Morgan fingerprint density at radius 1 is 1.10 bits per heavy atom. The number of fused-ring (bicyclic) bond motifs is 9. The maximum absolute atomic E-state index is 12.6. The molecule has 6 atom stereocenters. The van der Waals surface area contributed by atoms with E-state index in [-0.39, 0.29) is 48.1 Å². The Morgan fingerprint density at radius 3 is 2.74 bits per heavy atom. The molecule has 1 saturated carbocycles. The molecule has 4 aromatic rings. The summed E-state index contributed by atoms with van der Waals surface area (Å²) in [7, 11) is 3.54. The number of nitrogens with one attached hydrogen (secondary N) is 2. The number of hydrogen-bond donors (Lipinski definition) is 5. The number of nitrogens with two attached hydrogens (primary N) is 1. The molecule has 9 rings (SSSR count). The number of aromatic nitrogens is 1. The highest BCUT2D eigenvalue weighted by atomic mass is 16.5. The van der Waals surface area contributed by atoms with Crippen LogP contribution in [0.2, 0.25) is 0 Å². The predicted molar refractivity (Wildman–Crippen MR) is 235 cm³/mol. The Morgan fingerprint density at radius 2 is 1.95 bits per heavy atom. The number of esters is 1. The van der Waals surface area contributed by atoms with Crippen molar-refractivity contribution in [2.45, 2.75) is 95.3 Å². The van der Waals surface area contributed by atoms with Crippen molar-refractivity contribution in [1.29, 1.82) is 0 Å². The van der Waals surface area contributed by atoms with E-state index in [1.54, 1.807) is 19.2 Å². The lowest BCUT2D eigenvalue weighted by Crippen LogP contribution is -2.46. The third-order valence-corrected chi connectivity index (χ3v) is 13.4. The maximum Gasteiger partial charge on any atom is 0.302 e. The highest BCUT2D eigenvalue weighted by Crippen LogP contribution is 2.63. The van der Waals surface area contributed by atoms with Crippen LogP contribution in [-0.2, 0) is 34.2 Å². The first-order valence-corrected chi connectivity index (χ1v) is 21.7. The normalized spacial score (nSPS) is 24.0. The van der Waals surface area contributed by atoms with E-state index in [4.69, 9.17) is 29.7 Å². The average molecular weight is 825 g/mol. The third-order valence-electron chi connectivity index (χ3n) is 13.4. The Bertz CT molecular complexity index is 2490. The van der Waals surface area contributed by atoms with E-state index in [0.29, 0.717) is 53.4 Å². The summed E-state index contributed by atoms with van der Waals surface area (Å²) in [4.78, 5) is 17.4. The van der Waals surface area contributed by atoms with Crippen LogP contribution in [0.4, 0.5) is 5.82 Å². The molecule has 1 aromatic heterocycles. The van der Waals surface area contributed by atoms with E-state index in [1.165, 1.54) is 6.92 Å². The smallest absolute Gasteiger partial charge is 0.302 e. The number of methoxy groups -OCH3 is 1. The van der Waals surface area contributed by atoms with Gasteiger partial charge in [-0.25, -0.2) is 4.98 Å². The van der Waals surface area contributed by atoms with Gasteiger partial charge in [-0.3, -0.25) is 4.79 Å². The summed E-state index contributed by atoms with van der Waals surface area (Å²) in [6.07, 6.45) is 8.72. The Labute approximate surface area is 358 Å². The fraction of sp³-hybridized carbons (Fsp3) is 0.440. The van der Waals surface area contributed by atoms with Crippen molar-refractivity contribution in [3.63, 3.8) is 0 Å². The van der Waals surface area contributed by atoms with Gasteiger partial charge in [-0.05, 0) is 110 Å². The zero-order valence-electron chi connectivity index (χ0n) is 35.7. The predicted octanol–water partition coefficient (Wildman–Crippen LogP) is 7.27. The lowest BCUT2D eigenvalue weighted by Gasteiger charge is -2.39. The highest BCUT2D eigenvalue weighted by molar-refractivity contribution is 5.84. The van der Waals surface area contributed by atoms with Crippen molar-refractivity contribution in [2.24, 2.45) is 11.8 Å². The van der Waals surface area contributed by atoms with Crippen LogP contribution in [0.3, 0.4) is 0 Å². The first-order chi connectivity index (χ1) is 29.5. The molecule has 11 heteroatoms. The van der Waals surface area contributed by atoms with Crippen LogP contribution in [0.1, 0.15) is 103 Å². The zero-order chi connectivity index (χ0) is 42.6. The minimum atomic E-state index is -0.642. The molecule has 318 valence electrons. The highest BCUT2D eigenvalue weighted by Gasteiger charge is 2.51. The molecule has 1 fully saturated rings. The molecule has 61 heavy (non-hydrogen) atoms. The molecular formula is C50H56N4O7. The molecule has 5 aliphatic rings. The molecule has 0 radical (unpaired) electrons. The zero-order valence-corrected chi connectivity index (χ0v) is 35.7. The fourth-order valence-electron chi connectivity index (χ4n) is 10.8. The SMILES string of the molecule is CNCC1Oc2c(O)cc3c(c2C=CC1NCCC(C)C)C1Oc2c(ccc4c2C2(CCC(Cc5ccc(N)nc5C#CC3)C2)Cc2cc(O)cc(OC)c2-4)C1COC(C)=O. The molecule has 0 amide bonds. The van der Waals surface area contributed by atoms with Crippen LogP contribution in [0.15, 0.2) is 48.5 Å². The van der Waals surface area contributed by atoms with E-state index in [9.17, 15) is 15.0 Å². The number of anilines is 1. The second-order valence-electron chi connectivity index (χ2n) is 18.0. The molecule has 0 saturated heterocycles. The number of hydrogen-bond acceptors (Lipinski definition) is 11. The number of pyridine rings is 1. The van der Waals surface area contributed by atoms with Gasteiger partial charge in [-0.15, -0.1) is 0 Å². The lowest BCUT2D eigenvalue weighted by atomic mass is 9.65. The summed E-state index contributed by atoms with van der Waals surface area (Å²) in [5, 5.41) is 29.8. The number of nitrogen functional groups attached to an aromatic ring is 1. The van der Waals surface area contributed by atoms with Gasteiger partial charge in [0, 0.05) is 59.2 Å². The molecule has 4 heterocycles. The lowest BCUT2D eigenvalue weighted by molar-refractivity contribution is -0.141. The number of carbonyl (C=O) groups is 1. The van der Waals surface area contributed by atoms with E-state index in [1.807, 2.05) is 19.2 Å². The monoisotopic (exact) mass is 824 g/mol. The van der Waals surface area contributed by atoms with Gasteiger partial charge >= 0.3 is 5.97 Å². The number of phenolic OH excluding ortho intramolecular Hbond substituents is 2. The number of rotatable bonds is 9. The fourth-order valence-corrected chi connectivity index (χ4v) is 10.8. The van der Waals surface area contributed by atoms with Crippen LogP contribution < -0.4 is 30.6 Å². The second-order valence-corrected chi connectivity index (χ2v) is 18.0. The minimum Gasteiger partial charge on any atom is -0.508 e.